The van der Waals surface area contributed by atoms with Crippen LogP contribution in [0.5, 0.6) is 0 Å². The molecule has 6 heteroatoms. The molecule has 1 aromatic heterocycles. The van der Waals surface area contributed by atoms with Crippen LogP contribution in [0.15, 0.2) is 30.3 Å². The highest BCUT2D eigenvalue weighted by Gasteiger charge is 2.32. The van der Waals surface area contributed by atoms with Gasteiger partial charge in [0.25, 0.3) is 0 Å². The molecule has 0 unspecified atom stereocenters. The minimum atomic E-state index is -0.947. The van der Waals surface area contributed by atoms with Crippen LogP contribution in [-0.2, 0) is 4.79 Å². The first-order valence-corrected chi connectivity index (χ1v) is 9.64. The Kier molecular flexibility index (Phi) is 5.49. The molecule has 6 nitrogen and oxygen atoms in total. The number of amides is 1. The molecule has 0 saturated carbocycles. The summed E-state index contributed by atoms with van der Waals surface area (Å²) < 4.78 is 0. The first-order chi connectivity index (χ1) is 13.1. The van der Waals surface area contributed by atoms with Crippen molar-refractivity contribution in [1.29, 1.82) is 0 Å². The molecule has 1 N–H and O–H groups in total. The fourth-order valence-electron chi connectivity index (χ4n) is 3.55. The molecule has 1 fully saturated rings. The molecule has 0 spiro atoms. The average molecular weight is 381 g/mol. The van der Waals surface area contributed by atoms with E-state index in [1.165, 1.54) is 0 Å². The molecule has 148 valence electrons. The van der Waals surface area contributed by atoms with E-state index in [0.29, 0.717) is 6.54 Å². The summed E-state index contributed by atoms with van der Waals surface area (Å²) in [6.45, 7) is 9.18. The zero-order valence-corrected chi connectivity index (χ0v) is 16.9. The van der Waals surface area contributed by atoms with Crippen molar-refractivity contribution in [2.24, 2.45) is 5.41 Å². The molecule has 1 saturated heterocycles. The summed E-state index contributed by atoms with van der Waals surface area (Å²) in [6.07, 6.45) is 1.89. The van der Waals surface area contributed by atoms with Gasteiger partial charge in [0, 0.05) is 35.7 Å². The summed E-state index contributed by atoms with van der Waals surface area (Å²) in [5.74, 6) is 0.0759. The number of carbonyl (C=O) groups is 2. The molecule has 0 radical (unpaired) electrons. The highest BCUT2D eigenvalue weighted by Crippen LogP contribution is 2.29. The Balaban J connectivity index is 1.86. The van der Waals surface area contributed by atoms with Crippen LogP contribution in [0.25, 0.3) is 11.3 Å². The molecular formula is C22H27N3O3. The highest BCUT2D eigenvalue weighted by molar-refractivity contribution is 5.88. The molecule has 1 aromatic carbocycles. The van der Waals surface area contributed by atoms with Gasteiger partial charge in [-0.05, 0) is 38.0 Å². The lowest BCUT2D eigenvalue weighted by atomic mass is 9.91. The van der Waals surface area contributed by atoms with Crippen LogP contribution in [-0.4, -0.2) is 44.9 Å². The number of aromatic carboxylic acids is 1. The van der Waals surface area contributed by atoms with Crippen molar-refractivity contribution in [2.75, 3.05) is 13.1 Å². The fourth-order valence-corrected chi connectivity index (χ4v) is 3.55. The molecule has 2 aromatic rings. The lowest BCUT2D eigenvalue weighted by Gasteiger charge is -2.36. The molecule has 1 aliphatic rings. The van der Waals surface area contributed by atoms with Crippen LogP contribution in [0.3, 0.4) is 0 Å². The van der Waals surface area contributed by atoms with Gasteiger partial charge in [0.15, 0.2) is 0 Å². The Morgan fingerprint density at radius 2 is 1.82 bits per heavy atom. The SMILES string of the molecule is Cc1cc(-c2ccc(C(=O)O)cc2)nc([C@H]2CCCN(C(=O)C(C)(C)C)C2)n1. The molecule has 3 rings (SSSR count). The summed E-state index contributed by atoms with van der Waals surface area (Å²) in [5, 5.41) is 9.07. The van der Waals surface area contributed by atoms with Crippen molar-refractivity contribution in [3.8, 4) is 11.3 Å². The number of hydrogen-bond donors (Lipinski definition) is 1. The molecule has 0 aliphatic carbocycles. The van der Waals surface area contributed by atoms with Gasteiger partial charge in [-0.3, -0.25) is 4.79 Å². The number of benzene rings is 1. The monoisotopic (exact) mass is 381 g/mol. The molecule has 1 amide bonds. The van der Waals surface area contributed by atoms with Crippen molar-refractivity contribution in [3.05, 3.63) is 47.4 Å². The van der Waals surface area contributed by atoms with E-state index in [1.807, 2.05) is 38.7 Å². The Morgan fingerprint density at radius 3 is 2.43 bits per heavy atom. The van der Waals surface area contributed by atoms with E-state index >= 15 is 0 Å². The Labute approximate surface area is 165 Å². The van der Waals surface area contributed by atoms with Gasteiger partial charge in [-0.25, -0.2) is 14.8 Å². The number of carboxylic acid groups (broad SMARTS) is 1. The minimum absolute atomic E-state index is 0.108. The number of carbonyl (C=O) groups excluding carboxylic acids is 1. The smallest absolute Gasteiger partial charge is 0.335 e. The van der Waals surface area contributed by atoms with Gasteiger partial charge < -0.3 is 10.0 Å². The number of carboxylic acids is 1. The first kappa shape index (κ1) is 20.0. The maximum atomic E-state index is 12.7. The minimum Gasteiger partial charge on any atom is -0.478 e. The van der Waals surface area contributed by atoms with Crippen LogP contribution < -0.4 is 0 Å². The summed E-state index contributed by atoms with van der Waals surface area (Å²) >= 11 is 0. The van der Waals surface area contributed by atoms with Crippen LogP contribution in [0.4, 0.5) is 0 Å². The normalized spacial score (nSPS) is 17.4. The van der Waals surface area contributed by atoms with Gasteiger partial charge in [-0.1, -0.05) is 32.9 Å². The van der Waals surface area contributed by atoms with Gasteiger partial charge >= 0.3 is 5.97 Å². The maximum Gasteiger partial charge on any atom is 0.335 e. The van der Waals surface area contributed by atoms with E-state index in [1.54, 1.807) is 24.3 Å². The molecule has 0 bridgehead atoms. The average Bonchev–Trinajstić information content (AvgIpc) is 2.66. The second-order valence-electron chi connectivity index (χ2n) is 8.48. The quantitative estimate of drug-likeness (QED) is 0.872. The third-order valence-electron chi connectivity index (χ3n) is 5.01. The van der Waals surface area contributed by atoms with Gasteiger partial charge in [0.05, 0.1) is 11.3 Å². The summed E-state index contributed by atoms with van der Waals surface area (Å²) in [6, 6.07) is 8.61. The molecule has 28 heavy (non-hydrogen) atoms. The van der Waals surface area contributed by atoms with Crippen LogP contribution in [0.2, 0.25) is 0 Å². The van der Waals surface area contributed by atoms with E-state index in [9.17, 15) is 9.59 Å². The second-order valence-corrected chi connectivity index (χ2v) is 8.48. The third-order valence-corrected chi connectivity index (χ3v) is 5.01. The number of likely N-dealkylation sites (tertiary alicyclic amines) is 1. The molecule has 2 heterocycles. The Bertz CT molecular complexity index is 885. The number of piperidine rings is 1. The zero-order chi connectivity index (χ0) is 20.5. The van der Waals surface area contributed by atoms with E-state index in [0.717, 1.165) is 42.2 Å². The molecular weight excluding hydrogens is 354 g/mol. The fraction of sp³-hybridized carbons (Fsp3) is 0.455. The van der Waals surface area contributed by atoms with Crippen molar-refractivity contribution >= 4 is 11.9 Å². The second kappa shape index (κ2) is 7.70. The topological polar surface area (TPSA) is 83.4 Å². The van der Waals surface area contributed by atoms with Crippen molar-refractivity contribution in [2.45, 2.75) is 46.5 Å². The Morgan fingerprint density at radius 1 is 1.14 bits per heavy atom. The van der Waals surface area contributed by atoms with E-state index in [-0.39, 0.29) is 17.4 Å². The van der Waals surface area contributed by atoms with Gasteiger partial charge in [-0.2, -0.15) is 0 Å². The number of nitrogens with zero attached hydrogens (tertiary/aromatic N) is 3. The van der Waals surface area contributed by atoms with Gasteiger partial charge in [0.1, 0.15) is 5.82 Å². The number of rotatable bonds is 3. The van der Waals surface area contributed by atoms with Crippen LogP contribution >= 0.6 is 0 Å². The maximum absolute atomic E-state index is 12.7. The van der Waals surface area contributed by atoms with Crippen LogP contribution in [0, 0.1) is 12.3 Å². The Hall–Kier alpha value is -2.76. The predicted octanol–water partition coefficient (Wildman–Crippen LogP) is 3.90. The van der Waals surface area contributed by atoms with Crippen LogP contribution in [0.1, 0.15) is 61.4 Å². The van der Waals surface area contributed by atoms with E-state index < -0.39 is 11.4 Å². The zero-order valence-electron chi connectivity index (χ0n) is 16.9. The molecule has 1 aliphatic heterocycles. The summed E-state index contributed by atoms with van der Waals surface area (Å²) in [7, 11) is 0. The van der Waals surface area contributed by atoms with Crippen molar-refractivity contribution in [3.63, 3.8) is 0 Å². The summed E-state index contributed by atoms with van der Waals surface area (Å²) in [5.41, 5.74) is 2.35. The molecule has 1 atom stereocenters. The third kappa shape index (κ3) is 4.38. The number of hydrogen-bond acceptors (Lipinski definition) is 4. The summed E-state index contributed by atoms with van der Waals surface area (Å²) in [4.78, 5) is 35.1. The lowest BCUT2D eigenvalue weighted by Crippen LogP contribution is -2.44. The van der Waals surface area contributed by atoms with Gasteiger partial charge in [-0.15, -0.1) is 0 Å². The standard InChI is InChI=1S/C22H27N3O3/c1-14-12-18(15-7-9-16(10-8-15)20(26)27)24-19(23-14)17-6-5-11-25(13-17)21(28)22(2,3)4/h7-10,12,17H,5-6,11,13H2,1-4H3,(H,26,27)/t17-/m0/s1. The highest BCUT2D eigenvalue weighted by atomic mass is 16.4. The predicted molar refractivity (Wildman–Crippen MR) is 107 cm³/mol. The van der Waals surface area contributed by atoms with Crippen molar-refractivity contribution < 1.29 is 14.7 Å². The van der Waals surface area contributed by atoms with Crippen molar-refractivity contribution in [1.82, 2.24) is 14.9 Å². The van der Waals surface area contributed by atoms with E-state index in [4.69, 9.17) is 10.1 Å². The number of aryl methyl sites for hydroxylation is 1. The van der Waals surface area contributed by atoms with Gasteiger partial charge in [0.2, 0.25) is 5.91 Å². The first-order valence-electron chi connectivity index (χ1n) is 9.64. The van der Waals surface area contributed by atoms with E-state index in [2.05, 4.69) is 4.98 Å². The number of aromatic nitrogens is 2. The largest absolute Gasteiger partial charge is 0.478 e. The lowest BCUT2D eigenvalue weighted by molar-refractivity contribution is -0.140.